The molecule has 0 saturated carbocycles. The topological polar surface area (TPSA) is 0 Å². The molecule has 0 aliphatic carbocycles. The Morgan fingerprint density at radius 2 is 2.14 bits per heavy atom. The summed E-state index contributed by atoms with van der Waals surface area (Å²) in [6.45, 7) is 5.07. The molecule has 0 amide bonds. The molecule has 0 saturated heterocycles. The molecule has 0 aromatic rings. The molecule has 0 N–H and O–H groups in total. The minimum Gasteiger partial charge on any atom is -0.518 e. The maximum atomic E-state index is 5.07. The molecule has 0 unspecified atom stereocenters. The zero-order valence-electron chi connectivity index (χ0n) is 4.65. The van der Waals surface area contributed by atoms with E-state index in [1.807, 2.05) is 0 Å². The largest absolute Gasteiger partial charge is 1.00 e. The third kappa shape index (κ3) is 10.9. The van der Waals surface area contributed by atoms with E-state index in [2.05, 4.69) is 15.9 Å². The Morgan fingerprint density at radius 1 is 1.57 bits per heavy atom. The van der Waals surface area contributed by atoms with E-state index in [1.54, 1.807) is 6.08 Å². The molecule has 0 aromatic heterocycles. The minimum atomic E-state index is 0. The van der Waals surface area contributed by atoms with Gasteiger partial charge in [0.25, 0.3) is 0 Å². The molecule has 0 nitrogen and oxygen atoms in total. The second-order valence-corrected chi connectivity index (χ2v) is 1.86. The summed E-state index contributed by atoms with van der Waals surface area (Å²) >= 11 is 3.27. The number of hydrogen-bond donors (Lipinski definition) is 0. The molecule has 0 heterocycles. The zero-order valence-corrected chi connectivity index (χ0v) is 6.24. The monoisotopic (exact) mass is 154 g/mol. The average molecular weight is 155 g/mol. The van der Waals surface area contributed by atoms with Crippen LogP contribution in [0.3, 0.4) is 0 Å². The standard InChI is InChI=1S/C5H8Br.Li/c1-2-3-4-5-6;/h1-2H,3-5H2;/q-1;+1. The van der Waals surface area contributed by atoms with Gasteiger partial charge in [0.05, 0.1) is 0 Å². The molecule has 0 atom stereocenters. The summed E-state index contributed by atoms with van der Waals surface area (Å²) in [4.78, 5) is 0. The van der Waals surface area contributed by atoms with Gasteiger partial charge in [-0.3, -0.25) is 6.08 Å². The maximum Gasteiger partial charge on any atom is 1.00 e. The summed E-state index contributed by atoms with van der Waals surface area (Å²) in [5.41, 5.74) is 0. The van der Waals surface area contributed by atoms with Crippen LogP contribution < -0.4 is 18.9 Å². The van der Waals surface area contributed by atoms with Crippen molar-refractivity contribution in [1.82, 2.24) is 0 Å². The van der Waals surface area contributed by atoms with Crippen molar-refractivity contribution in [2.45, 2.75) is 12.8 Å². The minimum absolute atomic E-state index is 0. The van der Waals surface area contributed by atoms with E-state index in [4.69, 9.17) is 6.58 Å². The fraction of sp³-hybridized carbons (Fsp3) is 0.600. The molecule has 0 aliphatic rings. The summed E-state index contributed by atoms with van der Waals surface area (Å²) < 4.78 is 0. The van der Waals surface area contributed by atoms with Crippen molar-refractivity contribution < 1.29 is 18.9 Å². The molecule has 0 spiro atoms. The molecule has 2 heteroatoms. The molecule has 7 heavy (non-hydrogen) atoms. The summed E-state index contributed by atoms with van der Waals surface area (Å²) in [5.74, 6) is 0. The number of allylic oxidation sites excluding steroid dienone is 1. The molecule has 36 valence electrons. The van der Waals surface area contributed by atoms with Crippen LogP contribution in [-0.4, -0.2) is 5.33 Å². The van der Waals surface area contributed by atoms with Crippen LogP contribution in [0.15, 0.2) is 6.08 Å². The first kappa shape index (κ1) is 10.7. The summed E-state index contributed by atoms with van der Waals surface area (Å²) in [5, 5.41) is 1.06. The van der Waals surface area contributed by atoms with Crippen molar-refractivity contribution >= 4 is 15.9 Å². The van der Waals surface area contributed by atoms with Gasteiger partial charge in [-0.1, -0.05) is 22.4 Å². The second-order valence-electron chi connectivity index (χ2n) is 1.07. The Labute approximate surface area is 65.7 Å². The van der Waals surface area contributed by atoms with Crippen molar-refractivity contribution in [3.63, 3.8) is 0 Å². The van der Waals surface area contributed by atoms with Gasteiger partial charge in [-0.15, -0.1) is 0 Å². The van der Waals surface area contributed by atoms with Gasteiger partial charge in [0.2, 0.25) is 0 Å². The molecule has 0 radical (unpaired) electrons. The maximum absolute atomic E-state index is 5.07. The van der Waals surface area contributed by atoms with Crippen LogP contribution in [0.5, 0.6) is 0 Å². The first-order valence-corrected chi connectivity index (χ1v) is 3.13. The van der Waals surface area contributed by atoms with Crippen LogP contribution in [0.4, 0.5) is 0 Å². The van der Waals surface area contributed by atoms with E-state index in [-0.39, 0.29) is 18.9 Å². The number of rotatable bonds is 3. The van der Waals surface area contributed by atoms with Crippen molar-refractivity contribution in [2.24, 2.45) is 0 Å². The van der Waals surface area contributed by atoms with Crippen LogP contribution in [0.2, 0.25) is 0 Å². The molecule has 0 aromatic carbocycles. The van der Waals surface area contributed by atoms with Crippen molar-refractivity contribution in [3.8, 4) is 0 Å². The van der Waals surface area contributed by atoms with Gasteiger partial charge in [-0.25, -0.2) is 0 Å². The van der Waals surface area contributed by atoms with Crippen LogP contribution in [0, 0.1) is 6.58 Å². The van der Waals surface area contributed by atoms with Crippen molar-refractivity contribution in [2.75, 3.05) is 5.33 Å². The number of alkyl halides is 1. The van der Waals surface area contributed by atoms with Gasteiger partial charge in [-0.2, -0.15) is 0 Å². The van der Waals surface area contributed by atoms with E-state index in [1.165, 1.54) is 0 Å². The van der Waals surface area contributed by atoms with E-state index >= 15 is 0 Å². The third-order valence-corrected chi connectivity index (χ3v) is 1.07. The van der Waals surface area contributed by atoms with E-state index in [0.717, 1.165) is 18.2 Å². The van der Waals surface area contributed by atoms with Crippen LogP contribution in [0.25, 0.3) is 0 Å². The van der Waals surface area contributed by atoms with Gasteiger partial charge >= 0.3 is 18.9 Å². The number of unbranched alkanes of at least 4 members (excludes halogenated alkanes) is 1. The van der Waals surface area contributed by atoms with Crippen LogP contribution in [0.1, 0.15) is 12.8 Å². The van der Waals surface area contributed by atoms with Gasteiger partial charge in [0.15, 0.2) is 0 Å². The molecule has 0 bridgehead atoms. The van der Waals surface area contributed by atoms with Gasteiger partial charge in [-0.05, 0) is 6.42 Å². The fourth-order valence-corrected chi connectivity index (χ4v) is 0.519. The molecule has 0 rings (SSSR count). The normalized spacial score (nSPS) is 7.00. The molecular formula is C5H8BrLi. The Morgan fingerprint density at radius 3 is 2.29 bits per heavy atom. The summed E-state index contributed by atoms with van der Waals surface area (Å²) in [6.07, 6.45) is 3.85. The van der Waals surface area contributed by atoms with E-state index in [0.29, 0.717) is 0 Å². The Bertz CT molecular complexity index is 37.1. The Hall–Kier alpha value is 0.817. The SMILES string of the molecule is [CH-]=CCCCBr.[Li+]. The quantitative estimate of drug-likeness (QED) is 0.215. The number of hydrogen-bond acceptors (Lipinski definition) is 0. The van der Waals surface area contributed by atoms with Gasteiger partial charge < -0.3 is 6.58 Å². The molecular weight excluding hydrogens is 147 g/mol. The zero-order chi connectivity index (χ0) is 4.83. The summed E-state index contributed by atoms with van der Waals surface area (Å²) in [6, 6.07) is 0. The number of halogens is 1. The van der Waals surface area contributed by atoms with E-state index < -0.39 is 0 Å². The first-order chi connectivity index (χ1) is 2.91. The summed E-state index contributed by atoms with van der Waals surface area (Å²) in [7, 11) is 0. The van der Waals surface area contributed by atoms with Gasteiger partial charge in [0, 0.05) is 5.33 Å². The van der Waals surface area contributed by atoms with Crippen molar-refractivity contribution in [3.05, 3.63) is 12.7 Å². The smallest absolute Gasteiger partial charge is 0.518 e. The third-order valence-electron chi connectivity index (χ3n) is 0.504. The van der Waals surface area contributed by atoms with E-state index in [9.17, 15) is 0 Å². The molecule has 0 aliphatic heterocycles. The average Bonchev–Trinajstić information content (AvgIpc) is 1.61. The van der Waals surface area contributed by atoms with Crippen molar-refractivity contribution in [1.29, 1.82) is 0 Å². The van der Waals surface area contributed by atoms with Gasteiger partial charge in [0.1, 0.15) is 0 Å². The first-order valence-electron chi connectivity index (χ1n) is 2.01. The second kappa shape index (κ2) is 9.94. The predicted octanol–water partition coefficient (Wildman–Crippen LogP) is -0.845. The Balaban J connectivity index is 0. The van der Waals surface area contributed by atoms with Crippen LogP contribution in [-0.2, 0) is 0 Å². The Kier molecular flexibility index (Phi) is 15.2. The fourth-order valence-electron chi connectivity index (χ4n) is 0.195. The van der Waals surface area contributed by atoms with Crippen LogP contribution >= 0.6 is 15.9 Å². The molecule has 0 fully saturated rings. The predicted molar refractivity (Wildman–Crippen MR) is 31.9 cm³/mol.